The van der Waals surface area contributed by atoms with Crippen molar-refractivity contribution in [1.82, 2.24) is 4.90 Å². The summed E-state index contributed by atoms with van der Waals surface area (Å²) in [5, 5.41) is 7.74. The minimum Gasteiger partial charge on any atom is -0.356 e. The van der Waals surface area contributed by atoms with Crippen molar-refractivity contribution in [3.8, 4) is 0 Å². The van der Waals surface area contributed by atoms with E-state index in [1.807, 2.05) is 4.90 Å². The van der Waals surface area contributed by atoms with Gasteiger partial charge in [0.2, 0.25) is 0 Å². The third-order valence-electron chi connectivity index (χ3n) is 2.27. The van der Waals surface area contributed by atoms with Crippen molar-refractivity contribution in [1.29, 1.82) is 5.41 Å². The van der Waals surface area contributed by atoms with E-state index in [9.17, 15) is 4.39 Å². The minimum absolute atomic E-state index is 0.275. The molecule has 68 valence electrons. The fraction of sp³-hybridized carbons (Fsp3) is 0.300. The molecule has 1 fully saturated rings. The number of halogens is 1. The zero-order chi connectivity index (χ0) is 9.26. The van der Waals surface area contributed by atoms with Crippen LogP contribution in [0.5, 0.6) is 0 Å². The maximum Gasteiger partial charge on any atom is 0.128 e. The molecule has 1 aromatic carbocycles. The number of nitrogens with zero attached hydrogens (tertiary/aromatic N) is 1. The molecule has 0 spiro atoms. The standard InChI is InChI=1S/C10H11FN2/c11-9-4-1-3-8(7-9)10(12)13-5-2-6-13/h1,3-4,7,12H,2,5-6H2. The van der Waals surface area contributed by atoms with Gasteiger partial charge in [-0.15, -0.1) is 0 Å². The minimum atomic E-state index is -0.275. The number of benzene rings is 1. The van der Waals surface area contributed by atoms with Crippen molar-refractivity contribution in [3.63, 3.8) is 0 Å². The summed E-state index contributed by atoms with van der Waals surface area (Å²) in [4.78, 5) is 1.94. The molecule has 2 nitrogen and oxygen atoms in total. The van der Waals surface area contributed by atoms with Crippen LogP contribution in [0, 0.1) is 11.2 Å². The summed E-state index contributed by atoms with van der Waals surface area (Å²) in [5.41, 5.74) is 0.666. The fourth-order valence-electron chi connectivity index (χ4n) is 1.36. The Morgan fingerprint density at radius 3 is 2.69 bits per heavy atom. The molecule has 0 radical (unpaired) electrons. The maximum atomic E-state index is 12.8. The van der Waals surface area contributed by atoms with Gasteiger partial charge in [0.15, 0.2) is 0 Å². The summed E-state index contributed by atoms with van der Waals surface area (Å²) < 4.78 is 12.8. The fourth-order valence-corrected chi connectivity index (χ4v) is 1.36. The second kappa shape index (κ2) is 3.17. The van der Waals surface area contributed by atoms with Crippen LogP contribution in [0.2, 0.25) is 0 Å². The lowest BCUT2D eigenvalue weighted by Crippen LogP contribution is -2.42. The van der Waals surface area contributed by atoms with Gasteiger partial charge in [0, 0.05) is 18.7 Å². The molecule has 1 N–H and O–H groups in total. The molecule has 0 amide bonds. The zero-order valence-corrected chi connectivity index (χ0v) is 7.26. The van der Waals surface area contributed by atoms with E-state index >= 15 is 0 Å². The highest BCUT2D eigenvalue weighted by molar-refractivity contribution is 5.96. The molecule has 1 heterocycles. The van der Waals surface area contributed by atoms with E-state index in [2.05, 4.69) is 0 Å². The van der Waals surface area contributed by atoms with Crippen LogP contribution in [0.25, 0.3) is 0 Å². The van der Waals surface area contributed by atoms with E-state index < -0.39 is 0 Å². The summed E-state index contributed by atoms with van der Waals surface area (Å²) in [6, 6.07) is 6.20. The Labute approximate surface area is 76.5 Å². The molecule has 1 saturated heterocycles. The molecular formula is C10H11FN2. The molecule has 0 unspecified atom stereocenters. The van der Waals surface area contributed by atoms with Gasteiger partial charge in [-0.25, -0.2) is 4.39 Å². The number of rotatable bonds is 1. The van der Waals surface area contributed by atoms with E-state index in [0.717, 1.165) is 19.5 Å². The molecule has 0 bridgehead atoms. The van der Waals surface area contributed by atoms with Gasteiger partial charge >= 0.3 is 0 Å². The average molecular weight is 178 g/mol. The van der Waals surface area contributed by atoms with Crippen LogP contribution < -0.4 is 0 Å². The Kier molecular flexibility index (Phi) is 2.00. The molecule has 1 aliphatic rings. The first-order valence-corrected chi connectivity index (χ1v) is 4.37. The Bertz CT molecular complexity index is 331. The maximum absolute atomic E-state index is 12.8. The van der Waals surface area contributed by atoms with Crippen LogP contribution in [-0.4, -0.2) is 23.8 Å². The van der Waals surface area contributed by atoms with Crippen LogP contribution in [0.4, 0.5) is 4.39 Å². The predicted octanol–water partition coefficient (Wildman–Crippen LogP) is 1.86. The first kappa shape index (κ1) is 8.23. The summed E-state index contributed by atoms with van der Waals surface area (Å²) in [5.74, 6) is 0.161. The zero-order valence-electron chi connectivity index (χ0n) is 7.26. The Morgan fingerprint density at radius 1 is 1.38 bits per heavy atom. The predicted molar refractivity (Wildman–Crippen MR) is 49.4 cm³/mol. The Hall–Kier alpha value is -1.38. The van der Waals surface area contributed by atoms with Gasteiger partial charge in [-0.05, 0) is 18.6 Å². The topological polar surface area (TPSA) is 27.1 Å². The summed E-state index contributed by atoms with van der Waals surface area (Å²) in [7, 11) is 0. The largest absolute Gasteiger partial charge is 0.356 e. The molecule has 3 heteroatoms. The smallest absolute Gasteiger partial charge is 0.128 e. The van der Waals surface area contributed by atoms with Crippen LogP contribution >= 0.6 is 0 Å². The average Bonchev–Trinajstić information content (AvgIpc) is 2.01. The molecule has 0 saturated carbocycles. The molecule has 0 atom stereocenters. The van der Waals surface area contributed by atoms with Gasteiger partial charge in [0.25, 0.3) is 0 Å². The van der Waals surface area contributed by atoms with Crippen LogP contribution in [0.15, 0.2) is 24.3 Å². The third kappa shape index (κ3) is 1.54. The lowest BCUT2D eigenvalue weighted by Gasteiger charge is -2.33. The van der Waals surface area contributed by atoms with Crippen molar-refractivity contribution < 1.29 is 4.39 Å². The van der Waals surface area contributed by atoms with Crippen LogP contribution in [-0.2, 0) is 0 Å². The van der Waals surface area contributed by atoms with E-state index in [1.165, 1.54) is 12.1 Å². The van der Waals surface area contributed by atoms with Gasteiger partial charge in [-0.3, -0.25) is 5.41 Å². The monoisotopic (exact) mass is 178 g/mol. The van der Waals surface area contributed by atoms with E-state index in [-0.39, 0.29) is 5.82 Å². The highest BCUT2D eigenvalue weighted by Crippen LogP contribution is 2.12. The lowest BCUT2D eigenvalue weighted by molar-refractivity contribution is 0.299. The van der Waals surface area contributed by atoms with Crippen LogP contribution in [0.1, 0.15) is 12.0 Å². The molecular weight excluding hydrogens is 167 g/mol. The number of likely N-dealkylation sites (tertiary alicyclic amines) is 1. The second-order valence-corrected chi connectivity index (χ2v) is 3.20. The lowest BCUT2D eigenvalue weighted by atomic mass is 10.1. The highest BCUT2D eigenvalue weighted by Gasteiger charge is 2.18. The first-order valence-electron chi connectivity index (χ1n) is 4.37. The number of amidine groups is 1. The summed E-state index contributed by atoms with van der Waals surface area (Å²) in [6.07, 6.45) is 1.14. The SMILES string of the molecule is N=C(c1cccc(F)c1)N1CCC1. The molecule has 0 aromatic heterocycles. The normalized spacial score (nSPS) is 15.3. The number of hydrogen-bond acceptors (Lipinski definition) is 1. The van der Waals surface area contributed by atoms with E-state index in [1.54, 1.807) is 12.1 Å². The van der Waals surface area contributed by atoms with Crippen molar-refractivity contribution in [3.05, 3.63) is 35.6 Å². The van der Waals surface area contributed by atoms with Gasteiger partial charge < -0.3 is 4.90 Å². The Morgan fingerprint density at radius 2 is 2.15 bits per heavy atom. The van der Waals surface area contributed by atoms with Gasteiger partial charge in [-0.2, -0.15) is 0 Å². The van der Waals surface area contributed by atoms with Crippen molar-refractivity contribution in [2.75, 3.05) is 13.1 Å². The van der Waals surface area contributed by atoms with E-state index in [0.29, 0.717) is 11.4 Å². The number of hydrogen-bond donors (Lipinski definition) is 1. The van der Waals surface area contributed by atoms with Crippen molar-refractivity contribution in [2.24, 2.45) is 0 Å². The van der Waals surface area contributed by atoms with E-state index in [4.69, 9.17) is 5.41 Å². The molecule has 13 heavy (non-hydrogen) atoms. The molecule has 1 aliphatic heterocycles. The van der Waals surface area contributed by atoms with Crippen LogP contribution in [0.3, 0.4) is 0 Å². The summed E-state index contributed by atoms with van der Waals surface area (Å²) >= 11 is 0. The molecule has 2 rings (SSSR count). The van der Waals surface area contributed by atoms with Gasteiger partial charge in [-0.1, -0.05) is 12.1 Å². The molecule has 1 aromatic rings. The van der Waals surface area contributed by atoms with Crippen molar-refractivity contribution >= 4 is 5.84 Å². The first-order chi connectivity index (χ1) is 6.27. The molecule has 0 aliphatic carbocycles. The quantitative estimate of drug-likeness (QED) is 0.515. The van der Waals surface area contributed by atoms with Crippen molar-refractivity contribution in [2.45, 2.75) is 6.42 Å². The third-order valence-corrected chi connectivity index (χ3v) is 2.27. The Balaban J connectivity index is 2.19. The highest BCUT2D eigenvalue weighted by atomic mass is 19.1. The van der Waals surface area contributed by atoms with Gasteiger partial charge in [0.1, 0.15) is 11.7 Å². The second-order valence-electron chi connectivity index (χ2n) is 3.20. The number of nitrogens with one attached hydrogen (secondary N) is 1. The van der Waals surface area contributed by atoms with Gasteiger partial charge in [0.05, 0.1) is 0 Å². The summed E-state index contributed by atoms with van der Waals surface area (Å²) in [6.45, 7) is 1.85.